The lowest BCUT2D eigenvalue weighted by molar-refractivity contribution is 0.0424. The van der Waals surface area contributed by atoms with E-state index in [-0.39, 0.29) is 11.5 Å². The lowest BCUT2D eigenvalue weighted by Crippen LogP contribution is -2.44. The minimum Gasteiger partial charge on any atom is -0.392 e. The van der Waals surface area contributed by atoms with E-state index < -0.39 is 0 Å². The average molecular weight is 215 g/mol. The van der Waals surface area contributed by atoms with Crippen molar-refractivity contribution in [3.05, 3.63) is 0 Å². The Labute approximate surface area is 95.7 Å². The van der Waals surface area contributed by atoms with Crippen LogP contribution in [0, 0.1) is 11.3 Å². The van der Waals surface area contributed by atoms with E-state index in [2.05, 4.69) is 53.5 Å². The Balaban J connectivity index is 4.19. The van der Waals surface area contributed by atoms with Gasteiger partial charge in [0.1, 0.15) is 0 Å². The number of nitrogens with zero attached hydrogens (tertiary/aromatic N) is 1. The largest absolute Gasteiger partial charge is 0.392 e. The third-order valence-electron chi connectivity index (χ3n) is 3.69. The van der Waals surface area contributed by atoms with Crippen LogP contribution in [0.5, 0.6) is 0 Å². The predicted octanol–water partition coefficient (Wildman–Crippen LogP) is 2.76. The van der Waals surface area contributed by atoms with Gasteiger partial charge in [-0.25, -0.2) is 0 Å². The van der Waals surface area contributed by atoms with E-state index in [0.29, 0.717) is 12.0 Å². The van der Waals surface area contributed by atoms with Crippen molar-refractivity contribution in [1.29, 1.82) is 0 Å². The van der Waals surface area contributed by atoms with E-state index in [1.807, 2.05) is 0 Å². The summed E-state index contributed by atoms with van der Waals surface area (Å²) in [5.41, 5.74) is 0.268. The smallest absolute Gasteiger partial charge is 0.0692 e. The SMILES string of the molecule is CCC(C)C(O)CN(C)C(C)C(C)(C)C. The molecule has 0 saturated heterocycles. The van der Waals surface area contributed by atoms with Crippen LogP contribution in [-0.2, 0) is 0 Å². The van der Waals surface area contributed by atoms with Crippen LogP contribution in [0.2, 0.25) is 0 Å². The number of likely N-dealkylation sites (N-methyl/N-ethyl adjacent to an activating group) is 1. The van der Waals surface area contributed by atoms with E-state index >= 15 is 0 Å². The molecule has 0 radical (unpaired) electrons. The summed E-state index contributed by atoms with van der Waals surface area (Å²) >= 11 is 0. The molecule has 2 heteroatoms. The molecule has 0 aromatic rings. The van der Waals surface area contributed by atoms with Gasteiger partial charge in [0, 0.05) is 12.6 Å². The Morgan fingerprint density at radius 1 is 1.20 bits per heavy atom. The fourth-order valence-corrected chi connectivity index (χ4v) is 1.57. The van der Waals surface area contributed by atoms with Crippen LogP contribution in [0.25, 0.3) is 0 Å². The van der Waals surface area contributed by atoms with E-state index in [1.165, 1.54) is 0 Å². The molecule has 0 spiro atoms. The van der Waals surface area contributed by atoms with Gasteiger partial charge in [-0.3, -0.25) is 0 Å². The molecule has 0 bridgehead atoms. The molecule has 0 aromatic heterocycles. The van der Waals surface area contributed by atoms with Crippen LogP contribution in [-0.4, -0.2) is 35.7 Å². The van der Waals surface area contributed by atoms with E-state index in [1.54, 1.807) is 0 Å². The molecule has 15 heavy (non-hydrogen) atoms. The fraction of sp³-hybridized carbons (Fsp3) is 1.00. The molecular formula is C13H29NO. The average Bonchev–Trinajstić information content (AvgIpc) is 2.13. The van der Waals surface area contributed by atoms with Crippen LogP contribution >= 0.6 is 0 Å². The molecule has 0 saturated carbocycles. The lowest BCUT2D eigenvalue weighted by Gasteiger charge is -2.37. The van der Waals surface area contributed by atoms with Gasteiger partial charge in [-0.1, -0.05) is 41.0 Å². The van der Waals surface area contributed by atoms with E-state index in [0.717, 1.165) is 13.0 Å². The highest BCUT2D eigenvalue weighted by atomic mass is 16.3. The minimum atomic E-state index is -0.204. The third kappa shape index (κ3) is 4.98. The summed E-state index contributed by atoms with van der Waals surface area (Å²) in [6.45, 7) is 14.0. The highest BCUT2D eigenvalue weighted by Crippen LogP contribution is 2.23. The van der Waals surface area contributed by atoms with Gasteiger partial charge in [0.15, 0.2) is 0 Å². The summed E-state index contributed by atoms with van der Waals surface area (Å²) < 4.78 is 0. The maximum atomic E-state index is 9.96. The first-order valence-corrected chi connectivity index (χ1v) is 6.08. The minimum absolute atomic E-state index is 0.204. The second-order valence-corrected chi connectivity index (χ2v) is 5.93. The highest BCUT2D eigenvalue weighted by molar-refractivity contribution is 4.79. The zero-order valence-electron chi connectivity index (χ0n) is 11.5. The maximum absolute atomic E-state index is 9.96. The second kappa shape index (κ2) is 5.86. The molecule has 3 atom stereocenters. The fourth-order valence-electron chi connectivity index (χ4n) is 1.57. The van der Waals surface area contributed by atoms with Gasteiger partial charge in [0.25, 0.3) is 0 Å². The lowest BCUT2D eigenvalue weighted by atomic mass is 9.86. The number of aliphatic hydroxyl groups excluding tert-OH is 1. The zero-order valence-corrected chi connectivity index (χ0v) is 11.5. The number of rotatable bonds is 5. The first-order chi connectivity index (χ1) is 6.70. The quantitative estimate of drug-likeness (QED) is 0.762. The highest BCUT2D eigenvalue weighted by Gasteiger charge is 2.26. The molecule has 0 aliphatic carbocycles. The molecular weight excluding hydrogens is 186 g/mol. The van der Waals surface area contributed by atoms with Crippen molar-refractivity contribution >= 4 is 0 Å². The zero-order chi connectivity index (χ0) is 12.2. The van der Waals surface area contributed by atoms with Crippen LogP contribution in [0.15, 0.2) is 0 Å². The third-order valence-corrected chi connectivity index (χ3v) is 3.69. The van der Waals surface area contributed by atoms with Crippen molar-refractivity contribution in [2.24, 2.45) is 11.3 Å². The molecule has 2 nitrogen and oxygen atoms in total. The Morgan fingerprint density at radius 2 is 1.67 bits per heavy atom. The number of aliphatic hydroxyl groups is 1. The summed E-state index contributed by atoms with van der Waals surface area (Å²) in [6, 6.07) is 0.483. The second-order valence-electron chi connectivity index (χ2n) is 5.93. The molecule has 0 amide bonds. The Hall–Kier alpha value is -0.0800. The van der Waals surface area contributed by atoms with E-state index in [4.69, 9.17) is 0 Å². The van der Waals surface area contributed by atoms with Crippen LogP contribution < -0.4 is 0 Å². The molecule has 0 rings (SSSR count). The van der Waals surface area contributed by atoms with Crippen molar-refractivity contribution in [3.8, 4) is 0 Å². The van der Waals surface area contributed by atoms with E-state index in [9.17, 15) is 5.11 Å². The molecule has 0 heterocycles. The molecule has 3 unspecified atom stereocenters. The molecule has 92 valence electrons. The van der Waals surface area contributed by atoms with Crippen LogP contribution in [0.3, 0.4) is 0 Å². The van der Waals surface area contributed by atoms with Crippen molar-refractivity contribution in [3.63, 3.8) is 0 Å². The molecule has 0 fully saturated rings. The van der Waals surface area contributed by atoms with Gasteiger partial charge in [0.05, 0.1) is 6.10 Å². The topological polar surface area (TPSA) is 23.5 Å². The first-order valence-electron chi connectivity index (χ1n) is 6.08. The molecule has 0 aromatic carbocycles. The summed E-state index contributed by atoms with van der Waals surface area (Å²) in [7, 11) is 2.10. The first kappa shape index (κ1) is 14.9. The normalized spacial score (nSPS) is 19.0. The van der Waals surface area contributed by atoms with Gasteiger partial charge >= 0.3 is 0 Å². The van der Waals surface area contributed by atoms with Crippen molar-refractivity contribution in [2.45, 2.75) is 60.1 Å². The van der Waals surface area contributed by atoms with Crippen molar-refractivity contribution in [1.82, 2.24) is 4.90 Å². The predicted molar refractivity (Wildman–Crippen MR) is 67.0 cm³/mol. The van der Waals surface area contributed by atoms with Crippen LogP contribution in [0.1, 0.15) is 48.0 Å². The standard InChI is InChI=1S/C13H29NO/c1-8-10(2)12(15)9-14(7)11(3)13(4,5)6/h10-12,15H,8-9H2,1-7H3. The van der Waals surface area contributed by atoms with Crippen molar-refractivity contribution in [2.75, 3.05) is 13.6 Å². The van der Waals surface area contributed by atoms with Gasteiger partial charge in [-0.2, -0.15) is 0 Å². The number of hydrogen-bond donors (Lipinski definition) is 1. The number of hydrogen-bond acceptors (Lipinski definition) is 2. The summed E-state index contributed by atoms with van der Waals surface area (Å²) in [5.74, 6) is 0.389. The molecule has 1 N–H and O–H groups in total. The van der Waals surface area contributed by atoms with Crippen LogP contribution in [0.4, 0.5) is 0 Å². The maximum Gasteiger partial charge on any atom is 0.0692 e. The Morgan fingerprint density at radius 3 is 2.00 bits per heavy atom. The molecule has 0 aliphatic rings. The summed E-state index contributed by atoms with van der Waals surface area (Å²) in [5, 5.41) is 9.96. The summed E-state index contributed by atoms with van der Waals surface area (Å²) in [6.07, 6.45) is 0.837. The van der Waals surface area contributed by atoms with Gasteiger partial charge in [0.2, 0.25) is 0 Å². The summed E-state index contributed by atoms with van der Waals surface area (Å²) in [4.78, 5) is 2.26. The Kier molecular flexibility index (Phi) is 5.82. The van der Waals surface area contributed by atoms with Crippen molar-refractivity contribution < 1.29 is 5.11 Å². The molecule has 0 aliphatic heterocycles. The van der Waals surface area contributed by atoms with Gasteiger partial charge in [-0.05, 0) is 25.3 Å². The Bertz CT molecular complexity index is 174. The van der Waals surface area contributed by atoms with Gasteiger partial charge in [-0.15, -0.1) is 0 Å². The van der Waals surface area contributed by atoms with Gasteiger partial charge < -0.3 is 10.0 Å². The monoisotopic (exact) mass is 215 g/mol.